The monoisotopic (exact) mass is 239 g/mol. The molecule has 16 heavy (non-hydrogen) atoms. The normalized spacial score (nSPS) is 12.2. The number of nitrogens with zero attached hydrogens (tertiary/aromatic N) is 3. The Balaban J connectivity index is 2.39. The molecule has 0 aliphatic heterocycles. The highest BCUT2D eigenvalue weighted by atomic mass is 35.5. The Kier molecular flexibility index (Phi) is 2.86. The first-order valence-electron chi connectivity index (χ1n) is 5.05. The fourth-order valence-corrected chi connectivity index (χ4v) is 1.65. The molecule has 2 aromatic rings. The number of hydrogen-bond donors (Lipinski definition) is 0. The van der Waals surface area contributed by atoms with E-state index in [2.05, 4.69) is 10.1 Å². The van der Waals surface area contributed by atoms with Crippen molar-refractivity contribution < 1.29 is 4.74 Å². The van der Waals surface area contributed by atoms with Crippen LogP contribution < -0.4 is 0 Å². The van der Waals surface area contributed by atoms with Gasteiger partial charge in [0.15, 0.2) is 0 Å². The third kappa shape index (κ3) is 2.18. The first kappa shape index (κ1) is 11.4. The molecular formula is C11H14ClN3O. The van der Waals surface area contributed by atoms with E-state index in [1.54, 1.807) is 19.4 Å². The molecule has 4 nitrogen and oxygen atoms in total. The molecule has 5 heteroatoms. The Morgan fingerprint density at radius 1 is 1.44 bits per heavy atom. The average Bonchev–Trinajstić information content (AvgIpc) is 2.60. The van der Waals surface area contributed by atoms with Crippen molar-refractivity contribution in [1.82, 2.24) is 14.8 Å². The molecule has 0 saturated carbocycles. The summed E-state index contributed by atoms with van der Waals surface area (Å²) in [5.74, 6) is 0. The second kappa shape index (κ2) is 4.03. The summed E-state index contributed by atoms with van der Waals surface area (Å²) in [5.41, 5.74) is 1.52. The highest BCUT2D eigenvalue weighted by Crippen LogP contribution is 2.18. The quantitative estimate of drug-likeness (QED) is 0.773. The van der Waals surface area contributed by atoms with E-state index in [0.29, 0.717) is 11.7 Å². The maximum atomic E-state index is 5.82. The Morgan fingerprint density at radius 2 is 2.19 bits per heavy atom. The lowest BCUT2D eigenvalue weighted by atomic mass is 10.1. The number of fused-ring (bicyclic) bond motifs is 1. The summed E-state index contributed by atoms with van der Waals surface area (Å²) in [6, 6.07) is 3.69. The van der Waals surface area contributed by atoms with Crippen molar-refractivity contribution in [1.29, 1.82) is 0 Å². The number of pyridine rings is 1. The van der Waals surface area contributed by atoms with E-state index in [0.717, 1.165) is 11.0 Å². The van der Waals surface area contributed by atoms with Crippen LogP contribution in [0.15, 0.2) is 18.3 Å². The lowest BCUT2D eigenvalue weighted by Gasteiger charge is -2.22. The maximum Gasteiger partial charge on any atom is 0.129 e. The molecule has 0 spiro atoms. The number of hydrogen-bond acceptors (Lipinski definition) is 3. The topological polar surface area (TPSA) is 39.9 Å². The molecule has 0 atom stereocenters. The molecular weight excluding hydrogens is 226 g/mol. The van der Waals surface area contributed by atoms with Gasteiger partial charge >= 0.3 is 0 Å². The van der Waals surface area contributed by atoms with Gasteiger partial charge in [0.1, 0.15) is 10.7 Å². The Labute approximate surface area is 99.2 Å². The van der Waals surface area contributed by atoms with Gasteiger partial charge in [0.2, 0.25) is 0 Å². The van der Waals surface area contributed by atoms with Gasteiger partial charge in [-0.2, -0.15) is 5.10 Å². The van der Waals surface area contributed by atoms with Crippen molar-refractivity contribution in [2.24, 2.45) is 0 Å². The van der Waals surface area contributed by atoms with E-state index in [9.17, 15) is 0 Å². The molecule has 2 rings (SSSR count). The molecule has 0 amide bonds. The summed E-state index contributed by atoms with van der Waals surface area (Å²) in [6.45, 7) is 4.71. The minimum absolute atomic E-state index is 0.251. The predicted octanol–water partition coefficient (Wildman–Crippen LogP) is 2.51. The van der Waals surface area contributed by atoms with Crippen molar-refractivity contribution in [3.05, 3.63) is 23.5 Å². The van der Waals surface area contributed by atoms with Gasteiger partial charge in [-0.05, 0) is 26.0 Å². The third-order valence-corrected chi connectivity index (χ3v) is 2.76. The van der Waals surface area contributed by atoms with Crippen LogP contribution in [0.1, 0.15) is 13.8 Å². The minimum atomic E-state index is -0.251. The molecule has 2 heterocycles. The summed E-state index contributed by atoms with van der Waals surface area (Å²) < 4.78 is 7.25. The summed E-state index contributed by atoms with van der Waals surface area (Å²) >= 11 is 5.82. The van der Waals surface area contributed by atoms with Crippen LogP contribution in [0.3, 0.4) is 0 Å². The van der Waals surface area contributed by atoms with Crippen molar-refractivity contribution in [2.45, 2.75) is 26.0 Å². The molecule has 0 bridgehead atoms. The van der Waals surface area contributed by atoms with Gasteiger partial charge in [-0.1, -0.05) is 11.6 Å². The SMILES string of the molecule is COC(C)(C)Cn1ncc2nc(Cl)ccc21. The van der Waals surface area contributed by atoms with Crippen molar-refractivity contribution in [3.8, 4) is 0 Å². The summed E-state index contributed by atoms with van der Waals surface area (Å²) in [7, 11) is 1.70. The molecule has 0 aromatic carbocycles. The molecule has 2 aromatic heterocycles. The van der Waals surface area contributed by atoms with Gasteiger partial charge in [-0.15, -0.1) is 0 Å². The van der Waals surface area contributed by atoms with E-state index in [1.165, 1.54) is 0 Å². The molecule has 86 valence electrons. The van der Waals surface area contributed by atoms with Crippen molar-refractivity contribution in [2.75, 3.05) is 7.11 Å². The van der Waals surface area contributed by atoms with Crippen LogP contribution in [0, 0.1) is 0 Å². The van der Waals surface area contributed by atoms with Crippen molar-refractivity contribution in [3.63, 3.8) is 0 Å². The van der Waals surface area contributed by atoms with Gasteiger partial charge in [0.25, 0.3) is 0 Å². The number of rotatable bonds is 3. The van der Waals surface area contributed by atoms with Crippen LogP contribution >= 0.6 is 11.6 Å². The van der Waals surface area contributed by atoms with Crippen LogP contribution in [0.4, 0.5) is 0 Å². The van der Waals surface area contributed by atoms with Gasteiger partial charge in [0.05, 0.1) is 23.9 Å². The van der Waals surface area contributed by atoms with Crippen LogP contribution in [-0.4, -0.2) is 27.5 Å². The Morgan fingerprint density at radius 3 is 2.88 bits per heavy atom. The summed E-state index contributed by atoms with van der Waals surface area (Å²) in [5, 5.41) is 4.77. The molecule has 0 saturated heterocycles. The summed E-state index contributed by atoms with van der Waals surface area (Å²) in [6.07, 6.45) is 1.72. The highest BCUT2D eigenvalue weighted by Gasteiger charge is 2.19. The zero-order valence-corrected chi connectivity index (χ0v) is 10.3. The van der Waals surface area contributed by atoms with E-state index in [-0.39, 0.29) is 5.60 Å². The van der Waals surface area contributed by atoms with Gasteiger partial charge in [-0.25, -0.2) is 4.98 Å². The van der Waals surface area contributed by atoms with E-state index in [1.807, 2.05) is 24.6 Å². The van der Waals surface area contributed by atoms with Gasteiger partial charge < -0.3 is 4.74 Å². The fourth-order valence-electron chi connectivity index (χ4n) is 1.49. The fraction of sp³-hybridized carbons (Fsp3) is 0.455. The largest absolute Gasteiger partial charge is 0.377 e. The van der Waals surface area contributed by atoms with Crippen LogP contribution in [0.2, 0.25) is 5.15 Å². The van der Waals surface area contributed by atoms with Gasteiger partial charge in [-0.3, -0.25) is 4.68 Å². The lowest BCUT2D eigenvalue weighted by Crippen LogP contribution is -2.29. The van der Waals surface area contributed by atoms with Crippen LogP contribution in [-0.2, 0) is 11.3 Å². The van der Waals surface area contributed by atoms with Gasteiger partial charge in [0, 0.05) is 7.11 Å². The molecule has 0 aliphatic rings. The van der Waals surface area contributed by atoms with Crippen LogP contribution in [0.25, 0.3) is 11.0 Å². The molecule has 0 fully saturated rings. The zero-order valence-electron chi connectivity index (χ0n) is 9.57. The molecule has 0 N–H and O–H groups in total. The number of halogens is 1. The molecule has 0 radical (unpaired) electrons. The second-order valence-electron chi connectivity index (χ2n) is 4.30. The van der Waals surface area contributed by atoms with E-state index < -0.39 is 0 Å². The van der Waals surface area contributed by atoms with Crippen molar-refractivity contribution >= 4 is 22.6 Å². The minimum Gasteiger partial charge on any atom is -0.377 e. The standard InChI is InChI=1S/C11H14ClN3O/c1-11(2,16-3)7-15-9-4-5-10(12)14-8(9)6-13-15/h4-6H,7H2,1-3H3. The number of aromatic nitrogens is 3. The second-order valence-corrected chi connectivity index (χ2v) is 4.69. The smallest absolute Gasteiger partial charge is 0.129 e. The highest BCUT2D eigenvalue weighted by molar-refractivity contribution is 6.29. The average molecular weight is 240 g/mol. The lowest BCUT2D eigenvalue weighted by molar-refractivity contribution is 0.00643. The Bertz CT molecular complexity index is 507. The first-order chi connectivity index (χ1) is 7.52. The summed E-state index contributed by atoms with van der Waals surface area (Å²) in [4.78, 5) is 4.19. The van der Waals surface area contributed by atoms with Crippen LogP contribution in [0.5, 0.6) is 0 Å². The molecule has 0 aliphatic carbocycles. The number of methoxy groups -OCH3 is 1. The maximum absolute atomic E-state index is 5.82. The zero-order chi connectivity index (χ0) is 11.8. The van der Waals surface area contributed by atoms with E-state index in [4.69, 9.17) is 16.3 Å². The predicted molar refractivity (Wildman–Crippen MR) is 63.6 cm³/mol. The van der Waals surface area contributed by atoms with E-state index >= 15 is 0 Å². The molecule has 0 unspecified atom stereocenters. The first-order valence-corrected chi connectivity index (χ1v) is 5.43. The Hall–Kier alpha value is -1.13. The number of ether oxygens (including phenoxy) is 1. The third-order valence-electron chi connectivity index (χ3n) is 2.55.